The Morgan fingerprint density at radius 3 is 2.80 bits per heavy atom. The third-order valence-corrected chi connectivity index (χ3v) is 4.54. The summed E-state index contributed by atoms with van der Waals surface area (Å²) in [5.74, 6) is -1.25. The van der Waals surface area contributed by atoms with Crippen LogP contribution in [0, 0.1) is 11.8 Å². The van der Waals surface area contributed by atoms with Crippen molar-refractivity contribution >= 4 is 5.97 Å². The number of fused-ring (bicyclic) bond motifs is 2. The van der Waals surface area contributed by atoms with Gasteiger partial charge in [-0.3, -0.25) is 0 Å². The van der Waals surface area contributed by atoms with E-state index in [1.807, 2.05) is 0 Å². The first-order valence-electron chi connectivity index (χ1n) is 6.89. The third kappa shape index (κ3) is 2.12. The molecule has 2 saturated heterocycles. The van der Waals surface area contributed by atoms with E-state index in [1.165, 1.54) is 12.1 Å². The van der Waals surface area contributed by atoms with Gasteiger partial charge in [0.1, 0.15) is 0 Å². The largest absolute Gasteiger partial charge is 0.478 e. The van der Waals surface area contributed by atoms with Crippen molar-refractivity contribution in [3.05, 3.63) is 35.4 Å². The molecule has 2 aliphatic heterocycles. The average molecular weight is 278 g/mol. The SMILES string of the molecule is O=C(O)c1cccc(C(O)C2C3CCC(O3)C2CO)c1. The highest BCUT2D eigenvalue weighted by atomic mass is 16.5. The molecule has 5 unspecified atom stereocenters. The molecule has 0 amide bonds. The topological polar surface area (TPSA) is 87.0 Å². The molecule has 5 atom stereocenters. The van der Waals surface area contributed by atoms with Gasteiger partial charge in [-0.15, -0.1) is 0 Å². The van der Waals surface area contributed by atoms with Gasteiger partial charge in [-0.2, -0.15) is 0 Å². The molecule has 0 saturated carbocycles. The highest BCUT2D eigenvalue weighted by Crippen LogP contribution is 2.48. The number of ether oxygens (including phenoxy) is 1. The second-order valence-electron chi connectivity index (χ2n) is 5.59. The number of benzene rings is 1. The smallest absolute Gasteiger partial charge is 0.335 e. The average Bonchev–Trinajstić information content (AvgIpc) is 3.06. The molecule has 2 fully saturated rings. The highest BCUT2D eigenvalue weighted by molar-refractivity contribution is 5.87. The lowest BCUT2D eigenvalue weighted by molar-refractivity contribution is 0.0303. The Balaban J connectivity index is 1.86. The Morgan fingerprint density at radius 1 is 1.35 bits per heavy atom. The van der Waals surface area contributed by atoms with Crippen LogP contribution in [0.4, 0.5) is 0 Å². The second kappa shape index (κ2) is 5.16. The van der Waals surface area contributed by atoms with Gasteiger partial charge >= 0.3 is 5.97 Å². The number of carboxylic acid groups (broad SMARTS) is 1. The van der Waals surface area contributed by atoms with Crippen LogP contribution in [-0.2, 0) is 4.74 Å². The minimum atomic E-state index is -1.01. The molecule has 2 aliphatic rings. The Labute approximate surface area is 116 Å². The van der Waals surface area contributed by atoms with Crippen molar-refractivity contribution in [2.75, 3.05) is 6.61 Å². The summed E-state index contributed by atoms with van der Waals surface area (Å²) in [4.78, 5) is 11.0. The number of hydrogen-bond donors (Lipinski definition) is 3. The number of aliphatic hydroxyl groups excluding tert-OH is 2. The Morgan fingerprint density at radius 2 is 2.10 bits per heavy atom. The molecule has 20 heavy (non-hydrogen) atoms. The Bertz CT molecular complexity index is 515. The minimum absolute atomic E-state index is 0.0124. The summed E-state index contributed by atoms with van der Waals surface area (Å²) in [6, 6.07) is 6.34. The zero-order valence-electron chi connectivity index (χ0n) is 11.0. The lowest BCUT2D eigenvalue weighted by atomic mass is 9.75. The van der Waals surface area contributed by atoms with Gasteiger partial charge < -0.3 is 20.1 Å². The summed E-state index contributed by atoms with van der Waals surface area (Å²) in [6.07, 6.45) is 0.991. The lowest BCUT2D eigenvalue weighted by Crippen LogP contribution is -2.34. The van der Waals surface area contributed by atoms with E-state index in [0.29, 0.717) is 5.56 Å². The zero-order valence-corrected chi connectivity index (χ0v) is 11.0. The van der Waals surface area contributed by atoms with Crippen LogP contribution >= 0.6 is 0 Å². The molecular weight excluding hydrogens is 260 g/mol. The van der Waals surface area contributed by atoms with Gasteiger partial charge in [0.15, 0.2) is 0 Å². The fraction of sp³-hybridized carbons (Fsp3) is 0.533. The van der Waals surface area contributed by atoms with Crippen molar-refractivity contribution in [3.8, 4) is 0 Å². The fourth-order valence-corrected chi connectivity index (χ4v) is 3.57. The number of carboxylic acids is 1. The monoisotopic (exact) mass is 278 g/mol. The standard InChI is InChI=1S/C15H18O5/c16-7-10-11-4-5-12(20-11)13(10)14(17)8-2-1-3-9(6-8)15(18)19/h1-3,6,10-14,16-17H,4-5,7H2,(H,18,19). The van der Waals surface area contributed by atoms with Crippen LogP contribution in [0.15, 0.2) is 24.3 Å². The van der Waals surface area contributed by atoms with Crippen molar-refractivity contribution in [3.63, 3.8) is 0 Å². The molecule has 0 spiro atoms. The number of hydrogen-bond acceptors (Lipinski definition) is 4. The predicted molar refractivity (Wildman–Crippen MR) is 70.3 cm³/mol. The molecule has 3 N–H and O–H groups in total. The molecule has 108 valence electrons. The Hall–Kier alpha value is -1.43. The first kappa shape index (κ1) is 13.5. The number of rotatable bonds is 4. The van der Waals surface area contributed by atoms with E-state index >= 15 is 0 Å². The van der Waals surface area contributed by atoms with Crippen molar-refractivity contribution < 1.29 is 24.9 Å². The minimum Gasteiger partial charge on any atom is -0.478 e. The van der Waals surface area contributed by atoms with Gasteiger partial charge in [0.25, 0.3) is 0 Å². The zero-order chi connectivity index (χ0) is 14.3. The molecule has 2 heterocycles. The molecule has 1 aromatic rings. The number of aromatic carboxylic acids is 1. The van der Waals surface area contributed by atoms with Gasteiger partial charge in [-0.25, -0.2) is 4.79 Å². The number of carbonyl (C=O) groups is 1. The molecule has 1 aromatic carbocycles. The molecule has 5 nitrogen and oxygen atoms in total. The van der Waals surface area contributed by atoms with Crippen LogP contribution in [-0.4, -0.2) is 40.1 Å². The van der Waals surface area contributed by atoms with E-state index in [1.54, 1.807) is 12.1 Å². The van der Waals surface area contributed by atoms with Gasteiger partial charge in [-0.05, 0) is 30.5 Å². The summed E-state index contributed by atoms with van der Waals surface area (Å²) in [6.45, 7) is -0.0124. The summed E-state index contributed by atoms with van der Waals surface area (Å²) >= 11 is 0. The van der Waals surface area contributed by atoms with E-state index in [-0.39, 0.29) is 36.2 Å². The van der Waals surface area contributed by atoms with E-state index in [4.69, 9.17) is 9.84 Å². The van der Waals surface area contributed by atoms with Crippen molar-refractivity contribution in [2.24, 2.45) is 11.8 Å². The van der Waals surface area contributed by atoms with Crippen molar-refractivity contribution in [1.82, 2.24) is 0 Å². The highest BCUT2D eigenvalue weighted by Gasteiger charge is 2.51. The molecular formula is C15H18O5. The van der Waals surface area contributed by atoms with Crippen LogP contribution in [0.3, 0.4) is 0 Å². The second-order valence-corrected chi connectivity index (χ2v) is 5.59. The van der Waals surface area contributed by atoms with Crippen LogP contribution in [0.2, 0.25) is 0 Å². The van der Waals surface area contributed by atoms with Crippen LogP contribution in [0.5, 0.6) is 0 Å². The molecule has 2 bridgehead atoms. The first-order chi connectivity index (χ1) is 9.61. The van der Waals surface area contributed by atoms with Crippen molar-refractivity contribution in [1.29, 1.82) is 0 Å². The summed E-state index contributed by atoms with van der Waals surface area (Å²) in [7, 11) is 0. The maximum absolute atomic E-state index is 11.0. The molecule has 5 heteroatoms. The molecule has 0 aromatic heterocycles. The van der Waals surface area contributed by atoms with Crippen LogP contribution < -0.4 is 0 Å². The quantitative estimate of drug-likeness (QED) is 0.770. The molecule has 0 radical (unpaired) electrons. The summed E-state index contributed by atoms with van der Waals surface area (Å²) in [5, 5.41) is 29.1. The van der Waals surface area contributed by atoms with Gasteiger partial charge in [-0.1, -0.05) is 12.1 Å². The Kier molecular flexibility index (Phi) is 3.50. The maximum atomic E-state index is 11.0. The van der Waals surface area contributed by atoms with Crippen molar-refractivity contribution in [2.45, 2.75) is 31.2 Å². The fourth-order valence-electron chi connectivity index (χ4n) is 3.57. The first-order valence-corrected chi connectivity index (χ1v) is 6.89. The van der Waals surface area contributed by atoms with Gasteiger partial charge in [0.2, 0.25) is 0 Å². The molecule has 0 aliphatic carbocycles. The van der Waals surface area contributed by atoms with Crippen LogP contribution in [0.25, 0.3) is 0 Å². The van der Waals surface area contributed by atoms with Gasteiger partial charge in [0.05, 0.1) is 23.9 Å². The van der Waals surface area contributed by atoms with E-state index in [2.05, 4.69) is 0 Å². The summed E-state index contributed by atoms with van der Waals surface area (Å²) < 4.78 is 5.77. The number of aliphatic hydroxyl groups is 2. The van der Waals surface area contributed by atoms with E-state index < -0.39 is 12.1 Å². The van der Waals surface area contributed by atoms with Crippen LogP contribution in [0.1, 0.15) is 34.9 Å². The normalized spacial score (nSPS) is 33.3. The maximum Gasteiger partial charge on any atom is 0.335 e. The van der Waals surface area contributed by atoms with Gasteiger partial charge in [0, 0.05) is 18.4 Å². The molecule has 3 rings (SSSR count). The third-order valence-electron chi connectivity index (χ3n) is 4.54. The summed E-state index contributed by atoms with van der Waals surface area (Å²) in [5.41, 5.74) is 0.732. The predicted octanol–water partition coefficient (Wildman–Crippen LogP) is 1.20. The lowest BCUT2D eigenvalue weighted by Gasteiger charge is -2.30. The van der Waals surface area contributed by atoms with E-state index in [9.17, 15) is 15.0 Å². The van der Waals surface area contributed by atoms with E-state index in [0.717, 1.165) is 12.8 Å².